The molecule has 19 heavy (non-hydrogen) atoms. The first-order valence-electron chi connectivity index (χ1n) is 5.86. The second-order valence-electron chi connectivity index (χ2n) is 4.64. The average molecular weight is 307 g/mol. The van der Waals surface area contributed by atoms with Crippen molar-refractivity contribution < 1.29 is 10.0 Å². The van der Waals surface area contributed by atoms with Gasteiger partial charge in [0.25, 0.3) is 5.69 Å². The maximum atomic E-state index is 10.6. The molecule has 1 aromatic rings. The third kappa shape index (κ3) is 4.53. The molecule has 1 rings (SSSR count). The van der Waals surface area contributed by atoms with Gasteiger partial charge in [0.15, 0.2) is 0 Å². The Bertz CT molecular complexity index is 455. The Balaban J connectivity index is 2.88. The van der Waals surface area contributed by atoms with Crippen molar-refractivity contribution in [1.29, 1.82) is 0 Å². The molecule has 1 unspecified atom stereocenters. The quantitative estimate of drug-likeness (QED) is 0.618. The lowest BCUT2D eigenvalue weighted by atomic mass is 10.0. The summed E-state index contributed by atoms with van der Waals surface area (Å²) in [5.74, 6) is 0. The van der Waals surface area contributed by atoms with E-state index in [-0.39, 0.29) is 22.3 Å². The highest BCUT2D eigenvalue weighted by Gasteiger charge is 2.21. The number of hydrogen-bond acceptors (Lipinski definition) is 4. The molecular weight excluding hydrogens is 291 g/mol. The highest BCUT2D eigenvalue weighted by molar-refractivity contribution is 6.39. The van der Waals surface area contributed by atoms with Crippen molar-refractivity contribution >= 4 is 34.6 Å². The molecule has 0 fully saturated rings. The first-order chi connectivity index (χ1) is 8.76. The number of nitro groups is 1. The lowest BCUT2D eigenvalue weighted by Gasteiger charge is -2.24. The third-order valence-electron chi connectivity index (χ3n) is 2.67. The molecule has 106 valence electrons. The fourth-order valence-electron chi connectivity index (χ4n) is 1.74. The highest BCUT2D eigenvalue weighted by Crippen LogP contribution is 2.35. The van der Waals surface area contributed by atoms with Crippen LogP contribution in [0.25, 0.3) is 0 Å². The van der Waals surface area contributed by atoms with E-state index in [4.69, 9.17) is 23.2 Å². The summed E-state index contributed by atoms with van der Waals surface area (Å²) >= 11 is 11.9. The number of rotatable bonds is 6. The zero-order valence-corrected chi connectivity index (χ0v) is 12.3. The normalized spacial score (nSPS) is 13.9. The summed E-state index contributed by atoms with van der Waals surface area (Å²) < 4.78 is 0. The van der Waals surface area contributed by atoms with Crippen molar-refractivity contribution in [2.24, 2.45) is 0 Å². The van der Waals surface area contributed by atoms with Crippen molar-refractivity contribution in [3.05, 3.63) is 32.3 Å². The minimum atomic E-state index is -0.886. The Kier molecular flexibility index (Phi) is 5.40. The van der Waals surface area contributed by atoms with Crippen molar-refractivity contribution in [3.63, 3.8) is 0 Å². The van der Waals surface area contributed by atoms with Gasteiger partial charge in [0, 0.05) is 18.7 Å². The van der Waals surface area contributed by atoms with E-state index in [2.05, 4.69) is 5.32 Å². The van der Waals surface area contributed by atoms with E-state index in [0.717, 1.165) is 6.42 Å². The van der Waals surface area contributed by atoms with Crippen LogP contribution in [0.3, 0.4) is 0 Å². The Morgan fingerprint density at radius 2 is 1.95 bits per heavy atom. The summed E-state index contributed by atoms with van der Waals surface area (Å²) in [6.45, 7) is 3.94. The SMILES string of the molecule is CCCC(C)(O)CNc1c(Cl)cc([N+](=O)[O-])cc1Cl. The monoisotopic (exact) mass is 306 g/mol. The topological polar surface area (TPSA) is 75.4 Å². The molecule has 5 nitrogen and oxygen atoms in total. The minimum Gasteiger partial charge on any atom is -0.388 e. The molecule has 2 N–H and O–H groups in total. The molecule has 0 heterocycles. The van der Waals surface area contributed by atoms with Crippen LogP contribution in [0.4, 0.5) is 11.4 Å². The number of halogens is 2. The summed E-state index contributed by atoms with van der Waals surface area (Å²) in [5, 5.41) is 23.9. The fourth-order valence-corrected chi connectivity index (χ4v) is 2.35. The lowest BCUT2D eigenvalue weighted by molar-refractivity contribution is -0.384. The summed E-state index contributed by atoms with van der Waals surface area (Å²) in [5.41, 5.74) is -0.658. The van der Waals surface area contributed by atoms with Gasteiger partial charge in [0.1, 0.15) is 0 Å². The van der Waals surface area contributed by atoms with Gasteiger partial charge in [-0.05, 0) is 13.3 Å². The van der Waals surface area contributed by atoms with E-state index in [1.165, 1.54) is 12.1 Å². The average Bonchev–Trinajstić information content (AvgIpc) is 2.27. The molecule has 7 heteroatoms. The van der Waals surface area contributed by atoms with Gasteiger partial charge >= 0.3 is 0 Å². The number of hydrogen-bond donors (Lipinski definition) is 2. The van der Waals surface area contributed by atoms with E-state index < -0.39 is 10.5 Å². The number of benzene rings is 1. The van der Waals surface area contributed by atoms with Gasteiger partial charge in [-0.25, -0.2) is 0 Å². The van der Waals surface area contributed by atoms with E-state index in [1.807, 2.05) is 6.92 Å². The zero-order valence-electron chi connectivity index (χ0n) is 10.7. The highest BCUT2D eigenvalue weighted by atomic mass is 35.5. The van der Waals surface area contributed by atoms with E-state index in [0.29, 0.717) is 12.1 Å². The van der Waals surface area contributed by atoms with Crippen LogP contribution in [0, 0.1) is 10.1 Å². The number of nitro benzene ring substituents is 1. The van der Waals surface area contributed by atoms with Gasteiger partial charge in [0.2, 0.25) is 0 Å². The van der Waals surface area contributed by atoms with Crippen LogP contribution in [0.2, 0.25) is 10.0 Å². The van der Waals surface area contributed by atoms with Crippen LogP contribution < -0.4 is 5.32 Å². The Labute approximate surface area is 121 Å². The summed E-state index contributed by atoms with van der Waals surface area (Å²) in [4.78, 5) is 10.1. The summed E-state index contributed by atoms with van der Waals surface area (Å²) in [7, 11) is 0. The minimum absolute atomic E-state index is 0.159. The molecular formula is C12H16Cl2N2O3. The van der Waals surface area contributed by atoms with Crippen molar-refractivity contribution in [3.8, 4) is 0 Å². The third-order valence-corrected chi connectivity index (χ3v) is 3.27. The van der Waals surface area contributed by atoms with E-state index in [9.17, 15) is 15.2 Å². The first kappa shape index (κ1) is 16.0. The van der Waals surface area contributed by atoms with Crippen LogP contribution in [0.5, 0.6) is 0 Å². The summed E-state index contributed by atoms with van der Waals surface area (Å²) in [6.07, 6.45) is 1.47. The van der Waals surface area contributed by atoms with Gasteiger partial charge in [-0.15, -0.1) is 0 Å². The zero-order chi connectivity index (χ0) is 14.6. The number of anilines is 1. The van der Waals surface area contributed by atoms with E-state index in [1.54, 1.807) is 6.92 Å². The molecule has 0 saturated carbocycles. The van der Waals surface area contributed by atoms with Crippen molar-refractivity contribution in [2.75, 3.05) is 11.9 Å². The predicted molar refractivity (Wildman–Crippen MR) is 77.1 cm³/mol. The molecule has 0 bridgehead atoms. The molecule has 0 radical (unpaired) electrons. The molecule has 0 saturated heterocycles. The molecule has 0 aromatic heterocycles. The van der Waals surface area contributed by atoms with Gasteiger partial charge in [-0.1, -0.05) is 36.5 Å². The van der Waals surface area contributed by atoms with Crippen molar-refractivity contribution in [1.82, 2.24) is 0 Å². The molecule has 0 aliphatic carbocycles. The van der Waals surface area contributed by atoms with Gasteiger partial charge in [-0.2, -0.15) is 0 Å². The molecule has 1 aromatic carbocycles. The molecule has 0 spiro atoms. The largest absolute Gasteiger partial charge is 0.388 e. The Morgan fingerprint density at radius 1 is 1.42 bits per heavy atom. The number of nitrogens with one attached hydrogen (secondary N) is 1. The van der Waals surface area contributed by atoms with Crippen LogP contribution >= 0.6 is 23.2 Å². The van der Waals surface area contributed by atoms with Gasteiger partial charge in [0.05, 0.1) is 26.3 Å². The number of nitrogens with zero attached hydrogens (tertiary/aromatic N) is 1. The maximum absolute atomic E-state index is 10.6. The smallest absolute Gasteiger partial charge is 0.272 e. The second kappa shape index (κ2) is 6.41. The number of aliphatic hydroxyl groups is 1. The standard InChI is InChI=1S/C12H16Cl2N2O3/c1-3-4-12(2,17)7-15-11-9(13)5-8(16(18)19)6-10(11)14/h5-6,15,17H,3-4,7H2,1-2H3. The van der Waals surface area contributed by atoms with Gasteiger partial charge < -0.3 is 10.4 Å². The Morgan fingerprint density at radius 3 is 2.37 bits per heavy atom. The Hall–Kier alpha value is -1.04. The molecule has 0 amide bonds. The van der Waals surface area contributed by atoms with Crippen LogP contribution in [0.1, 0.15) is 26.7 Å². The fraction of sp³-hybridized carbons (Fsp3) is 0.500. The van der Waals surface area contributed by atoms with Crippen LogP contribution in [-0.2, 0) is 0 Å². The van der Waals surface area contributed by atoms with Gasteiger partial charge in [-0.3, -0.25) is 10.1 Å². The van der Waals surface area contributed by atoms with Crippen molar-refractivity contribution in [2.45, 2.75) is 32.3 Å². The summed E-state index contributed by atoms with van der Waals surface area (Å²) in [6, 6.07) is 2.45. The van der Waals surface area contributed by atoms with Crippen LogP contribution in [0.15, 0.2) is 12.1 Å². The number of non-ortho nitro benzene ring substituents is 1. The molecule has 0 aliphatic rings. The maximum Gasteiger partial charge on any atom is 0.272 e. The second-order valence-corrected chi connectivity index (χ2v) is 5.46. The first-order valence-corrected chi connectivity index (χ1v) is 6.62. The molecule has 1 atom stereocenters. The predicted octanol–water partition coefficient (Wildman–Crippen LogP) is 3.86. The van der Waals surface area contributed by atoms with E-state index >= 15 is 0 Å². The molecule has 0 aliphatic heterocycles. The van der Waals surface area contributed by atoms with Crippen LogP contribution in [-0.4, -0.2) is 22.2 Å². The lowest BCUT2D eigenvalue weighted by Crippen LogP contribution is -2.33.